The fourth-order valence-corrected chi connectivity index (χ4v) is 5.27. The van der Waals surface area contributed by atoms with Crippen molar-refractivity contribution in [1.82, 2.24) is 4.57 Å². The van der Waals surface area contributed by atoms with Crippen molar-refractivity contribution in [1.29, 1.82) is 0 Å². The van der Waals surface area contributed by atoms with Crippen LogP contribution >= 0.6 is 22.9 Å². The summed E-state index contributed by atoms with van der Waals surface area (Å²) in [7, 11) is 1.60. The van der Waals surface area contributed by atoms with Crippen molar-refractivity contribution in [2.24, 2.45) is 4.99 Å². The molecule has 1 aromatic heterocycles. The number of nitrogens with zero attached hydrogens (tertiary/aromatic N) is 2. The number of hydrogen-bond acceptors (Lipinski definition) is 3. The van der Waals surface area contributed by atoms with Gasteiger partial charge >= 0.3 is 0 Å². The summed E-state index contributed by atoms with van der Waals surface area (Å²) in [6, 6.07) is 29.3. The lowest BCUT2D eigenvalue weighted by Crippen LogP contribution is -2.19. The second-order valence-corrected chi connectivity index (χ2v) is 9.97. The first-order valence-electron chi connectivity index (χ1n) is 12.0. The minimum atomic E-state index is -0.637. The molecule has 5 rings (SSSR count). The van der Waals surface area contributed by atoms with E-state index in [4.69, 9.17) is 16.3 Å². The molecule has 0 saturated heterocycles. The van der Waals surface area contributed by atoms with Crippen LogP contribution in [-0.2, 0) is 4.79 Å². The van der Waals surface area contributed by atoms with Crippen LogP contribution < -0.4 is 9.54 Å². The summed E-state index contributed by atoms with van der Waals surface area (Å²) in [4.78, 5) is 18.3. The predicted molar refractivity (Wildman–Crippen MR) is 151 cm³/mol. The zero-order chi connectivity index (χ0) is 26.6. The second kappa shape index (κ2) is 11.2. The number of thiazole rings is 1. The van der Waals surface area contributed by atoms with Crippen molar-refractivity contribution in [3.8, 4) is 33.8 Å². The molecule has 1 heterocycles. The van der Waals surface area contributed by atoms with Gasteiger partial charge < -0.3 is 4.74 Å². The van der Waals surface area contributed by atoms with Crippen molar-refractivity contribution in [3.63, 3.8) is 0 Å². The standard InChI is InChI=1S/C31H24ClFN2O2S/c1-20(23-14-17-25(26(33)18-23)21-8-4-3-5-9-21)30(36)34-31-35(27-10-6-7-11-29(27)37-2)28(19-38-31)22-12-15-24(32)16-13-22/h3-20H,1-2H3. The van der Waals surface area contributed by atoms with Crippen molar-refractivity contribution in [2.75, 3.05) is 7.11 Å². The minimum absolute atomic E-state index is 0.370. The Balaban J connectivity index is 1.56. The molecule has 0 N–H and O–H groups in total. The molecule has 0 radical (unpaired) electrons. The van der Waals surface area contributed by atoms with E-state index in [-0.39, 0.29) is 11.7 Å². The van der Waals surface area contributed by atoms with E-state index in [1.54, 1.807) is 26.2 Å². The van der Waals surface area contributed by atoms with Crippen LogP contribution in [0.5, 0.6) is 5.75 Å². The molecule has 190 valence electrons. The Morgan fingerprint density at radius 2 is 1.66 bits per heavy atom. The molecular formula is C31H24ClFN2O2S. The van der Waals surface area contributed by atoms with Gasteiger partial charge in [-0.15, -0.1) is 11.3 Å². The van der Waals surface area contributed by atoms with Crippen LogP contribution in [0.3, 0.4) is 0 Å². The molecule has 0 fully saturated rings. The smallest absolute Gasteiger partial charge is 0.255 e. The van der Waals surface area contributed by atoms with Crippen LogP contribution in [0.25, 0.3) is 28.1 Å². The molecule has 4 aromatic carbocycles. The van der Waals surface area contributed by atoms with Gasteiger partial charge in [-0.25, -0.2) is 4.39 Å². The minimum Gasteiger partial charge on any atom is -0.495 e. The monoisotopic (exact) mass is 542 g/mol. The Bertz CT molecular complexity index is 1660. The molecule has 0 aliphatic carbocycles. The number of methoxy groups -OCH3 is 1. The third kappa shape index (κ3) is 5.19. The molecule has 1 unspecified atom stereocenters. The van der Waals surface area contributed by atoms with E-state index in [2.05, 4.69) is 4.99 Å². The van der Waals surface area contributed by atoms with Gasteiger partial charge in [0.15, 0.2) is 4.80 Å². The first-order valence-corrected chi connectivity index (χ1v) is 13.3. The van der Waals surface area contributed by atoms with E-state index in [1.807, 2.05) is 88.8 Å². The highest BCUT2D eigenvalue weighted by Gasteiger charge is 2.19. The van der Waals surface area contributed by atoms with Gasteiger partial charge in [0, 0.05) is 16.0 Å². The van der Waals surface area contributed by atoms with E-state index in [0.717, 1.165) is 22.5 Å². The van der Waals surface area contributed by atoms with Gasteiger partial charge in [0.2, 0.25) is 0 Å². The van der Waals surface area contributed by atoms with E-state index in [1.165, 1.54) is 17.4 Å². The van der Waals surface area contributed by atoms with Gasteiger partial charge in [-0.05, 0) is 53.9 Å². The molecule has 0 bridgehead atoms. The zero-order valence-electron chi connectivity index (χ0n) is 20.8. The first kappa shape index (κ1) is 25.6. The number of rotatable bonds is 6. The number of benzene rings is 4. The summed E-state index contributed by atoms with van der Waals surface area (Å²) in [5, 5.41) is 2.58. The summed E-state index contributed by atoms with van der Waals surface area (Å²) < 4.78 is 22.5. The number of halogens is 2. The molecule has 38 heavy (non-hydrogen) atoms. The highest BCUT2D eigenvalue weighted by atomic mass is 35.5. The third-order valence-corrected chi connectivity index (χ3v) is 7.41. The summed E-state index contributed by atoms with van der Waals surface area (Å²) in [5.41, 5.74) is 4.34. The van der Waals surface area contributed by atoms with Crippen LogP contribution in [0.2, 0.25) is 5.02 Å². The lowest BCUT2D eigenvalue weighted by molar-refractivity contribution is -0.119. The molecule has 7 heteroatoms. The number of hydrogen-bond donors (Lipinski definition) is 0. The molecule has 1 atom stereocenters. The van der Waals surface area contributed by atoms with Gasteiger partial charge in [0.05, 0.1) is 24.4 Å². The quantitative estimate of drug-likeness (QED) is 0.219. The van der Waals surface area contributed by atoms with E-state index in [0.29, 0.717) is 26.7 Å². The summed E-state index contributed by atoms with van der Waals surface area (Å²) in [6.45, 7) is 1.74. The number of para-hydroxylation sites is 2. The van der Waals surface area contributed by atoms with Crippen molar-refractivity contribution in [2.45, 2.75) is 12.8 Å². The number of aromatic nitrogens is 1. The molecule has 0 aliphatic heterocycles. The van der Waals surface area contributed by atoms with Crippen LogP contribution in [0, 0.1) is 5.82 Å². The van der Waals surface area contributed by atoms with Crippen molar-refractivity contribution >= 4 is 28.8 Å². The topological polar surface area (TPSA) is 43.6 Å². The van der Waals surface area contributed by atoms with Gasteiger partial charge in [0.1, 0.15) is 11.6 Å². The van der Waals surface area contributed by atoms with Gasteiger partial charge in [0.25, 0.3) is 5.91 Å². The van der Waals surface area contributed by atoms with Crippen LogP contribution in [0.4, 0.5) is 4.39 Å². The van der Waals surface area contributed by atoms with Crippen molar-refractivity contribution in [3.05, 3.63) is 124 Å². The largest absolute Gasteiger partial charge is 0.495 e. The van der Waals surface area contributed by atoms with Crippen LogP contribution in [-0.4, -0.2) is 17.6 Å². The SMILES string of the molecule is COc1ccccc1-n1c(-c2ccc(Cl)cc2)csc1=NC(=O)C(C)c1ccc(-c2ccccc2)c(F)c1. The molecule has 0 spiro atoms. The number of amides is 1. The Labute approximate surface area is 229 Å². The molecule has 5 aromatic rings. The van der Waals surface area contributed by atoms with E-state index in [9.17, 15) is 4.79 Å². The van der Waals surface area contributed by atoms with Gasteiger partial charge in [-0.3, -0.25) is 9.36 Å². The summed E-state index contributed by atoms with van der Waals surface area (Å²) in [5.74, 6) is -0.744. The molecule has 0 saturated carbocycles. The first-order chi connectivity index (χ1) is 18.5. The summed E-state index contributed by atoms with van der Waals surface area (Å²) >= 11 is 7.46. The molecular weight excluding hydrogens is 519 g/mol. The van der Waals surface area contributed by atoms with Gasteiger partial charge in [-0.1, -0.05) is 78.3 Å². The van der Waals surface area contributed by atoms with E-state index < -0.39 is 5.92 Å². The Morgan fingerprint density at radius 1 is 0.947 bits per heavy atom. The molecule has 0 aliphatic rings. The average Bonchev–Trinajstić information content (AvgIpc) is 3.36. The molecule has 1 amide bonds. The Hall–Kier alpha value is -4.00. The lowest BCUT2D eigenvalue weighted by Gasteiger charge is -2.14. The Kier molecular flexibility index (Phi) is 7.54. The van der Waals surface area contributed by atoms with Crippen LogP contribution in [0.1, 0.15) is 18.4 Å². The highest BCUT2D eigenvalue weighted by molar-refractivity contribution is 7.07. The zero-order valence-corrected chi connectivity index (χ0v) is 22.3. The summed E-state index contributed by atoms with van der Waals surface area (Å²) in [6.07, 6.45) is 0. The van der Waals surface area contributed by atoms with Crippen LogP contribution in [0.15, 0.2) is 107 Å². The normalized spacial score (nSPS) is 12.4. The van der Waals surface area contributed by atoms with Gasteiger partial charge in [-0.2, -0.15) is 4.99 Å². The number of carbonyl (C=O) groups is 1. The predicted octanol–water partition coefficient (Wildman–Crippen LogP) is 7.90. The fourth-order valence-electron chi connectivity index (χ4n) is 4.24. The molecule has 4 nitrogen and oxygen atoms in total. The third-order valence-electron chi connectivity index (χ3n) is 6.33. The maximum atomic E-state index is 15.0. The fraction of sp³-hybridized carbons (Fsp3) is 0.0968. The maximum absolute atomic E-state index is 15.0. The second-order valence-electron chi connectivity index (χ2n) is 8.69. The average molecular weight is 543 g/mol. The highest BCUT2D eigenvalue weighted by Crippen LogP contribution is 2.30. The van der Waals surface area contributed by atoms with Crippen molar-refractivity contribution < 1.29 is 13.9 Å². The lowest BCUT2D eigenvalue weighted by atomic mass is 9.96. The maximum Gasteiger partial charge on any atom is 0.255 e. The number of ether oxygens (including phenoxy) is 1. The Morgan fingerprint density at radius 3 is 2.37 bits per heavy atom. The number of carbonyl (C=O) groups excluding carboxylic acids is 1. The van der Waals surface area contributed by atoms with E-state index >= 15 is 4.39 Å².